The van der Waals surface area contributed by atoms with Gasteiger partial charge in [-0.3, -0.25) is 4.79 Å². The van der Waals surface area contributed by atoms with E-state index in [1.807, 2.05) is 69.3 Å². The van der Waals surface area contributed by atoms with Crippen LogP contribution in [0.1, 0.15) is 53.4 Å². The van der Waals surface area contributed by atoms with Crippen LogP contribution in [0.5, 0.6) is 11.5 Å². The van der Waals surface area contributed by atoms with E-state index in [1.165, 1.54) is 5.56 Å². The maximum atomic E-state index is 13.1. The van der Waals surface area contributed by atoms with Gasteiger partial charge in [0, 0.05) is 24.4 Å². The van der Waals surface area contributed by atoms with E-state index in [-0.39, 0.29) is 38.4 Å². The molecule has 3 rings (SSSR count). The summed E-state index contributed by atoms with van der Waals surface area (Å²) in [5.41, 5.74) is 5.60. The minimum atomic E-state index is 0. The number of carbonyl (C=O) groups is 1. The minimum Gasteiger partial charge on any atom is -0.457 e. The molecule has 1 atom stereocenters. The average molecular weight is 411 g/mol. The Morgan fingerprint density at radius 1 is 0.800 bits per heavy atom. The minimum absolute atomic E-state index is 0. The van der Waals surface area contributed by atoms with Gasteiger partial charge in [0.2, 0.25) is 0 Å². The quantitative estimate of drug-likeness (QED) is 0.356. The smallest absolute Gasteiger partial charge is 0.186 e. The molecule has 3 aromatic carbocycles. The number of para-hydroxylation sites is 1. The molecule has 151 valence electrons. The van der Waals surface area contributed by atoms with Gasteiger partial charge >= 0.3 is 0 Å². The molecule has 0 aromatic heterocycles. The van der Waals surface area contributed by atoms with Crippen molar-refractivity contribution < 1.29 is 9.53 Å². The topological polar surface area (TPSA) is 26.3 Å². The van der Waals surface area contributed by atoms with Crippen molar-refractivity contribution in [2.45, 2.75) is 47.0 Å². The first kappa shape index (κ1) is 24.4. The van der Waals surface area contributed by atoms with Gasteiger partial charge in [-0.05, 0) is 86.6 Å². The fraction of sp³-hybridized carbons (Fsp3) is 0.269. The van der Waals surface area contributed by atoms with E-state index in [0.29, 0.717) is 0 Å². The molecule has 4 heteroatoms. The molecule has 0 aliphatic rings. The fourth-order valence-corrected chi connectivity index (χ4v) is 4.60. The van der Waals surface area contributed by atoms with Crippen LogP contribution < -0.4 is 10.0 Å². The zero-order chi connectivity index (χ0) is 21.2. The van der Waals surface area contributed by atoms with Crippen LogP contribution in [0.2, 0.25) is 0 Å². The molecule has 0 fully saturated rings. The number of aryl methyl sites for hydroxylation is 3. The third-order valence-electron chi connectivity index (χ3n) is 5.05. The van der Waals surface area contributed by atoms with Crippen LogP contribution in [0.3, 0.4) is 0 Å². The summed E-state index contributed by atoms with van der Waals surface area (Å²) in [6.45, 7) is 12.7. The summed E-state index contributed by atoms with van der Waals surface area (Å²) in [6.07, 6.45) is 0. The van der Waals surface area contributed by atoms with Gasteiger partial charge in [0.05, 0.1) is 0 Å². The van der Waals surface area contributed by atoms with E-state index in [0.717, 1.165) is 39.1 Å². The van der Waals surface area contributed by atoms with Crippen LogP contribution in [0, 0.1) is 20.8 Å². The first-order valence-corrected chi connectivity index (χ1v) is 10.9. The number of rotatable bonds is 5. The number of carbonyl (C=O) groups excluding carboxylic acids is 1. The Morgan fingerprint density at radius 2 is 1.40 bits per heavy atom. The van der Waals surface area contributed by atoms with Crippen molar-refractivity contribution in [2.75, 3.05) is 0 Å². The Morgan fingerprint density at radius 3 is 1.93 bits per heavy atom. The van der Waals surface area contributed by atoms with Gasteiger partial charge in [-0.15, -0.1) is 0 Å². The van der Waals surface area contributed by atoms with E-state index in [2.05, 4.69) is 32.9 Å². The van der Waals surface area contributed by atoms with E-state index in [9.17, 15) is 4.79 Å². The maximum absolute atomic E-state index is 13.1. The van der Waals surface area contributed by atoms with Crippen LogP contribution in [-0.2, 0) is 5.41 Å². The first-order chi connectivity index (χ1) is 13.6. The molecule has 0 saturated carbocycles. The van der Waals surface area contributed by atoms with Gasteiger partial charge in [0.25, 0.3) is 0 Å². The summed E-state index contributed by atoms with van der Waals surface area (Å²) < 4.78 is 5.91. The van der Waals surface area contributed by atoms with E-state index in [4.69, 9.17) is 4.74 Å². The Kier molecular flexibility index (Phi) is 8.12. The van der Waals surface area contributed by atoms with Gasteiger partial charge in [0.1, 0.15) is 11.5 Å². The zero-order valence-electron chi connectivity index (χ0n) is 19.1. The Hall–Kier alpha value is -1.84. The molecule has 0 saturated heterocycles. The molecular formula is C26H29LiO2P. The van der Waals surface area contributed by atoms with E-state index >= 15 is 0 Å². The Labute approximate surface area is 194 Å². The summed E-state index contributed by atoms with van der Waals surface area (Å²) in [4.78, 5) is 13.1. The van der Waals surface area contributed by atoms with Gasteiger partial charge in [0.15, 0.2) is 5.52 Å². The fourth-order valence-electron chi connectivity index (χ4n) is 3.40. The SMILES string of the molecule is Cc1cc(Oc2ccccc2)ccc1PC(=O)c1c(C)cc(C(C)(C)C)cc1C.[Li]. The molecular weight excluding hydrogens is 382 g/mol. The van der Waals surface area contributed by atoms with Crippen molar-refractivity contribution in [3.8, 4) is 11.5 Å². The molecule has 0 spiro atoms. The average Bonchev–Trinajstić information content (AvgIpc) is 2.63. The second kappa shape index (κ2) is 9.98. The molecule has 0 aliphatic carbocycles. The molecule has 0 bridgehead atoms. The second-order valence-corrected chi connectivity index (χ2v) is 9.82. The van der Waals surface area contributed by atoms with Crippen molar-refractivity contribution in [2.24, 2.45) is 0 Å². The maximum Gasteiger partial charge on any atom is 0.186 e. The third-order valence-corrected chi connectivity index (χ3v) is 6.36. The molecule has 3 aromatic rings. The molecule has 2 nitrogen and oxygen atoms in total. The molecule has 0 heterocycles. The molecule has 0 amide bonds. The van der Waals surface area contributed by atoms with Crippen molar-refractivity contribution in [3.05, 3.63) is 88.5 Å². The summed E-state index contributed by atoms with van der Waals surface area (Å²) >= 11 is 0. The van der Waals surface area contributed by atoms with Gasteiger partial charge in [-0.1, -0.05) is 57.2 Å². The summed E-state index contributed by atoms with van der Waals surface area (Å²) in [6, 6.07) is 20.0. The summed E-state index contributed by atoms with van der Waals surface area (Å²) in [5, 5.41) is 1.06. The van der Waals surface area contributed by atoms with Gasteiger partial charge < -0.3 is 4.74 Å². The van der Waals surface area contributed by atoms with Crippen LogP contribution >= 0.6 is 8.58 Å². The normalized spacial score (nSPS) is 11.4. The first-order valence-electron chi connectivity index (χ1n) is 9.92. The van der Waals surface area contributed by atoms with Gasteiger partial charge in [-0.2, -0.15) is 0 Å². The Bertz CT molecular complexity index is 1010. The zero-order valence-corrected chi connectivity index (χ0v) is 20.1. The Balaban J connectivity index is 0.00000320. The van der Waals surface area contributed by atoms with Crippen LogP contribution in [0.15, 0.2) is 60.7 Å². The molecule has 1 radical (unpaired) electrons. The predicted molar refractivity (Wildman–Crippen MR) is 130 cm³/mol. The van der Waals surface area contributed by atoms with Gasteiger partial charge in [-0.25, -0.2) is 0 Å². The van der Waals surface area contributed by atoms with Crippen molar-refractivity contribution >= 4 is 38.3 Å². The predicted octanol–water partition coefficient (Wildman–Crippen LogP) is 6.47. The van der Waals surface area contributed by atoms with Crippen molar-refractivity contribution in [1.29, 1.82) is 0 Å². The molecule has 1 unspecified atom stereocenters. The standard InChI is InChI=1S/C26H29O2P.Li/c1-17-16-22(28-21-10-8-7-9-11-21)12-13-23(17)29-25(27)24-18(2)14-20(15-19(24)3)26(4,5)6;/h7-16,29H,1-6H3;. The van der Waals surface area contributed by atoms with Crippen molar-refractivity contribution in [3.63, 3.8) is 0 Å². The number of hydrogen-bond acceptors (Lipinski definition) is 2. The van der Waals surface area contributed by atoms with Crippen molar-refractivity contribution in [1.82, 2.24) is 0 Å². The second-order valence-electron chi connectivity index (χ2n) is 8.58. The number of hydrogen-bond donors (Lipinski definition) is 0. The number of ether oxygens (including phenoxy) is 1. The number of benzene rings is 3. The van der Waals surface area contributed by atoms with E-state index < -0.39 is 0 Å². The van der Waals surface area contributed by atoms with Crippen LogP contribution in [-0.4, -0.2) is 24.4 Å². The molecule has 0 N–H and O–H groups in total. The third kappa shape index (κ3) is 5.86. The van der Waals surface area contributed by atoms with Crippen LogP contribution in [0.25, 0.3) is 0 Å². The monoisotopic (exact) mass is 411 g/mol. The summed E-state index contributed by atoms with van der Waals surface area (Å²) in [7, 11) is 0.101. The molecule has 0 aliphatic heterocycles. The summed E-state index contributed by atoms with van der Waals surface area (Å²) in [5.74, 6) is 1.60. The van der Waals surface area contributed by atoms with E-state index in [1.54, 1.807) is 0 Å². The largest absolute Gasteiger partial charge is 0.457 e. The molecule has 30 heavy (non-hydrogen) atoms. The van der Waals surface area contributed by atoms with Crippen LogP contribution in [0.4, 0.5) is 0 Å².